The van der Waals surface area contributed by atoms with E-state index in [2.05, 4.69) is 142 Å². The molecule has 0 saturated carbocycles. The highest BCUT2D eigenvalue weighted by atomic mass is 16.8. The Bertz CT molecular complexity index is 1520. The molecule has 10 nitrogen and oxygen atoms in total. The minimum atomic E-state index is -0.689. The summed E-state index contributed by atoms with van der Waals surface area (Å²) in [4.78, 5) is 13.8. The fourth-order valence-electron chi connectivity index (χ4n) is 10.7. The summed E-state index contributed by atoms with van der Waals surface area (Å²) in [5.74, 6) is -1.22. The van der Waals surface area contributed by atoms with Crippen LogP contribution in [0, 0.1) is 11.8 Å². The first-order valence-corrected chi connectivity index (χ1v) is 23.4. The third-order valence-electron chi connectivity index (χ3n) is 15.6. The molecule has 2 aromatic carbocycles. The molecule has 4 aliphatic rings. The standard InChI is InChI=1S/C50H80N2O8/c1-13-45(9)35-49(39(7)47(11,15-3)51(45)59-37(5)41-25-19-17-20-26-41)55-33-43(57-49)31-53-29-23-24-30-54-32-44-34-56-50(58-44)36-46(10,14-2)52(48(12,16-4)40(50)8)60-38(6)42-27-21-18-22-28-42/h17-22,25-28,37-40,43-44H,13-16,23-24,29-36H2,1-12H3. The van der Waals surface area contributed by atoms with Gasteiger partial charge < -0.3 is 28.4 Å². The summed E-state index contributed by atoms with van der Waals surface area (Å²) < 4.78 is 39.5. The maximum atomic E-state index is 6.89. The highest BCUT2D eigenvalue weighted by Crippen LogP contribution is 2.56. The number of rotatable bonds is 19. The van der Waals surface area contributed by atoms with Crippen LogP contribution in [0.15, 0.2) is 60.7 Å². The second-order valence-electron chi connectivity index (χ2n) is 19.4. The van der Waals surface area contributed by atoms with Gasteiger partial charge in [-0.1, -0.05) is 102 Å². The molecule has 0 N–H and O–H groups in total. The molecule has 4 heterocycles. The summed E-state index contributed by atoms with van der Waals surface area (Å²) in [5.41, 5.74) is 1.21. The molecule has 0 radical (unpaired) electrons. The number of nitrogens with zero attached hydrogens (tertiary/aromatic N) is 2. The molecule has 10 heteroatoms. The van der Waals surface area contributed by atoms with Crippen LogP contribution < -0.4 is 0 Å². The van der Waals surface area contributed by atoms with Gasteiger partial charge in [0, 0.05) is 49.0 Å². The van der Waals surface area contributed by atoms with Crippen LogP contribution in [0.4, 0.5) is 0 Å². The number of hydrogen-bond donors (Lipinski definition) is 0. The summed E-state index contributed by atoms with van der Waals surface area (Å²) in [6.07, 6.45) is 6.57. The van der Waals surface area contributed by atoms with Gasteiger partial charge >= 0.3 is 0 Å². The normalized spacial score (nSPS) is 38.5. The second kappa shape index (κ2) is 19.4. The second-order valence-corrected chi connectivity index (χ2v) is 19.4. The van der Waals surface area contributed by atoms with E-state index in [1.807, 2.05) is 12.1 Å². The lowest BCUT2D eigenvalue weighted by molar-refractivity contribution is -0.380. The van der Waals surface area contributed by atoms with Crippen molar-refractivity contribution in [3.05, 3.63) is 71.8 Å². The lowest BCUT2D eigenvalue weighted by atomic mass is 9.67. The predicted octanol–water partition coefficient (Wildman–Crippen LogP) is 10.8. The average Bonchev–Trinajstić information content (AvgIpc) is 3.88. The lowest BCUT2D eigenvalue weighted by Gasteiger charge is -2.62. The first-order valence-electron chi connectivity index (χ1n) is 23.4. The molecule has 2 spiro atoms. The van der Waals surface area contributed by atoms with Crippen LogP contribution in [-0.4, -0.2) is 95.7 Å². The first-order chi connectivity index (χ1) is 28.6. The largest absolute Gasteiger partial charge is 0.379 e. The molecule has 12 atom stereocenters. The summed E-state index contributed by atoms with van der Waals surface area (Å²) in [6, 6.07) is 21.0. The zero-order chi connectivity index (χ0) is 43.4. The molecule has 4 aliphatic heterocycles. The molecule has 60 heavy (non-hydrogen) atoms. The minimum Gasteiger partial charge on any atom is -0.379 e. The van der Waals surface area contributed by atoms with Crippen molar-refractivity contribution in [3.63, 3.8) is 0 Å². The molecular formula is C50H80N2O8. The Morgan fingerprint density at radius 1 is 0.583 bits per heavy atom. The number of hydrogen-bond acceptors (Lipinski definition) is 10. The molecule has 12 unspecified atom stereocenters. The zero-order valence-corrected chi connectivity index (χ0v) is 39.3. The van der Waals surface area contributed by atoms with Crippen molar-refractivity contribution in [3.8, 4) is 0 Å². The van der Waals surface area contributed by atoms with Gasteiger partial charge in [-0.2, -0.15) is 10.1 Å². The van der Waals surface area contributed by atoms with Crippen LogP contribution >= 0.6 is 0 Å². The maximum absolute atomic E-state index is 6.89. The van der Waals surface area contributed by atoms with Gasteiger partial charge in [0.25, 0.3) is 0 Å². The summed E-state index contributed by atoms with van der Waals surface area (Å²) in [6.45, 7) is 30.4. The molecule has 2 aromatic rings. The van der Waals surface area contributed by atoms with Crippen molar-refractivity contribution in [2.45, 2.75) is 193 Å². The zero-order valence-electron chi connectivity index (χ0n) is 39.3. The quantitative estimate of drug-likeness (QED) is 0.128. The fraction of sp³-hybridized carbons (Fsp3) is 0.760. The van der Waals surface area contributed by atoms with Crippen LogP contribution in [0.1, 0.15) is 158 Å². The third-order valence-corrected chi connectivity index (χ3v) is 15.6. The molecule has 338 valence electrons. The monoisotopic (exact) mass is 837 g/mol. The number of unbranched alkanes of at least 4 members (excludes halogenated alkanes) is 1. The van der Waals surface area contributed by atoms with Gasteiger partial charge in [0.1, 0.15) is 24.4 Å². The van der Waals surface area contributed by atoms with Gasteiger partial charge in [0.2, 0.25) is 0 Å². The Morgan fingerprint density at radius 2 is 0.950 bits per heavy atom. The van der Waals surface area contributed by atoms with E-state index in [0.717, 1.165) is 51.4 Å². The predicted molar refractivity (Wildman–Crippen MR) is 236 cm³/mol. The SMILES string of the molecule is CCC1(C)CC2(OCC(COCCCCOCC3COC4(CC(C)(CC)N(OC(C)c5ccccc5)C(C)(CC)C4C)O3)O2)C(C)C(C)(CC)N1OC(C)c1ccccc1. The molecule has 4 fully saturated rings. The van der Waals surface area contributed by atoms with Crippen molar-refractivity contribution in [1.82, 2.24) is 10.1 Å². The van der Waals surface area contributed by atoms with E-state index >= 15 is 0 Å². The molecule has 0 amide bonds. The number of benzene rings is 2. The van der Waals surface area contributed by atoms with Crippen LogP contribution in [0.25, 0.3) is 0 Å². The van der Waals surface area contributed by atoms with E-state index in [1.165, 1.54) is 11.1 Å². The van der Waals surface area contributed by atoms with Crippen molar-refractivity contribution in [2.24, 2.45) is 11.8 Å². The minimum absolute atomic E-state index is 0.0683. The van der Waals surface area contributed by atoms with Crippen molar-refractivity contribution < 1.29 is 38.1 Å². The third kappa shape index (κ3) is 9.31. The van der Waals surface area contributed by atoms with E-state index in [0.29, 0.717) is 39.6 Å². The van der Waals surface area contributed by atoms with Crippen molar-refractivity contribution >= 4 is 0 Å². The summed E-state index contributed by atoms with van der Waals surface area (Å²) >= 11 is 0. The van der Waals surface area contributed by atoms with Crippen LogP contribution in [-0.2, 0) is 38.1 Å². The van der Waals surface area contributed by atoms with Crippen LogP contribution in [0.3, 0.4) is 0 Å². The average molecular weight is 837 g/mol. The van der Waals surface area contributed by atoms with Gasteiger partial charge in [0.15, 0.2) is 11.6 Å². The highest BCUT2D eigenvalue weighted by molar-refractivity contribution is 5.19. The molecular weight excluding hydrogens is 757 g/mol. The van der Waals surface area contributed by atoms with Crippen LogP contribution in [0.5, 0.6) is 0 Å². The molecule has 0 bridgehead atoms. The number of hydroxylamine groups is 4. The topological polar surface area (TPSA) is 80.3 Å². The Kier molecular flexibility index (Phi) is 15.4. The summed E-state index contributed by atoms with van der Waals surface area (Å²) in [5, 5.41) is 4.60. The van der Waals surface area contributed by atoms with E-state index in [1.54, 1.807) is 0 Å². The van der Waals surface area contributed by atoms with E-state index in [9.17, 15) is 0 Å². The van der Waals surface area contributed by atoms with Crippen molar-refractivity contribution in [2.75, 3.05) is 39.6 Å². The molecule has 0 aromatic heterocycles. The van der Waals surface area contributed by atoms with Gasteiger partial charge in [-0.15, -0.1) is 0 Å². The Balaban J connectivity index is 0.938. The Hall–Kier alpha value is -1.96. The Morgan fingerprint density at radius 3 is 1.28 bits per heavy atom. The Labute approximate surface area is 363 Å². The van der Waals surface area contributed by atoms with Gasteiger partial charge in [-0.3, -0.25) is 9.68 Å². The van der Waals surface area contributed by atoms with Crippen LogP contribution in [0.2, 0.25) is 0 Å². The lowest BCUT2D eigenvalue weighted by Crippen LogP contribution is -2.71. The molecule has 6 rings (SSSR count). The fourth-order valence-corrected chi connectivity index (χ4v) is 10.7. The smallest absolute Gasteiger partial charge is 0.175 e. The number of ether oxygens (including phenoxy) is 6. The van der Waals surface area contributed by atoms with E-state index < -0.39 is 11.6 Å². The summed E-state index contributed by atoms with van der Waals surface area (Å²) in [7, 11) is 0. The van der Waals surface area contributed by atoms with Gasteiger partial charge in [-0.05, 0) is 91.2 Å². The number of piperidine rings is 2. The maximum Gasteiger partial charge on any atom is 0.175 e. The first kappa shape index (κ1) is 47.5. The van der Waals surface area contributed by atoms with Crippen molar-refractivity contribution in [1.29, 1.82) is 0 Å². The molecule has 0 aliphatic carbocycles. The van der Waals surface area contributed by atoms with E-state index in [-0.39, 0.29) is 58.4 Å². The van der Waals surface area contributed by atoms with E-state index in [4.69, 9.17) is 38.1 Å². The molecule has 4 saturated heterocycles. The van der Waals surface area contributed by atoms with Gasteiger partial charge in [0.05, 0.1) is 37.5 Å². The highest BCUT2D eigenvalue weighted by Gasteiger charge is 2.65. The van der Waals surface area contributed by atoms with Gasteiger partial charge in [-0.25, -0.2) is 0 Å².